The van der Waals surface area contributed by atoms with Crippen LogP contribution in [0.15, 0.2) is 10.9 Å². The van der Waals surface area contributed by atoms with E-state index in [1.54, 1.807) is 0 Å². The van der Waals surface area contributed by atoms with Crippen molar-refractivity contribution in [1.29, 1.82) is 0 Å². The van der Waals surface area contributed by atoms with Crippen LogP contribution in [0.5, 0.6) is 0 Å². The van der Waals surface area contributed by atoms with Gasteiger partial charge in [0.25, 0.3) is 5.56 Å². The van der Waals surface area contributed by atoms with Crippen LogP contribution in [0.25, 0.3) is 0 Å². The van der Waals surface area contributed by atoms with Crippen molar-refractivity contribution in [3.8, 4) is 0 Å². The Morgan fingerprint density at radius 3 is 2.82 bits per heavy atom. The van der Waals surface area contributed by atoms with Gasteiger partial charge in [-0.15, -0.1) is 0 Å². The van der Waals surface area contributed by atoms with Gasteiger partial charge >= 0.3 is 0 Å². The molecule has 0 spiro atoms. The van der Waals surface area contributed by atoms with E-state index in [1.807, 2.05) is 0 Å². The summed E-state index contributed by atoms with van der Waals surface area (Å²) in [5.41, 5.74) is 5.89. The molecule has 1 aromatic rings. The highest BCUT2D eigenvalue weighted by molar-refractivity contribution is 7.71. The van der Waals surface area contributed by atoms with E-state index >= 15 is 0 Å². The van der Waals surface area contributed by atoms with E-state index in [9.17, 15) is 4.79 Å². The quantitative estimate of drug-likeness (QED) is 0.545. The highest BCUT2D eigenvalue weighted by Gasteiger charge is 1.91. The van der Waals surface area contributed by atoms with Crippen LogP contribution < -0.4 is 11.3 Å². The minimum atomic E-state index is -0.183. The zero-order valence-electron chi connectivity index (χ0n) is 5.89. The van der Waals surface area contributed by atoms with Crippen molar-refractivity contribution >= 4 is 12.2 Å². The second kappa shape index (κ2) is 3.45. The smallest absolute Gasteiger partial charge is 0.251 e. The number of aromatic amines is 2. The highest BCUT2D eigenvalue weighted by Crippen LogP contribution is 1.87. The van der Waals surface area contributed by atoms with Crippen LogP contribution in [0, 0.1) is 4.77 Å². The van der Waals surface area contributed by atoms with Crippen LogP contribution in [0.1, 0.15) is 5.69 Å². The third-order valence-corrected chi connectivity index (χ3v) is 1.43. The monoisotopic (exact) mass is 171 g/mol. The fourth-order valence-electron chi connectivity index (χ4n) is 0.810. The summed E-state index contributed by atoms with van der Waals surface area (Å²) in [6, 6.07) is 1.46. The van der Waals surface area contributed by atoms with Crippen molar-refractivity contribution in [3.63, 3.8) is 0 Å². The van der Waals surface area contributed by atoms with Gasteiger partial charge in [0.05, 0.1) is 0 Å². The molecular weight excluding hydrogens is 162 g/mol. The lowest BCUT2D eigenvalue weighted by Crippen LogP contribution is -2.11. The van der Waals surface area contributed by atoms with Crippen LogP contribution in [0.2, 0.25) is 0 Å². The molecule has 4 nitrogen and oxygen atoms in total. The average molecular weight is 171 g/mol. The summed E-state index contributed by atoms with van der Waals surface area (Å²) in [5, 5.41) is 0. The van der Waals surface area contributed by atoms with Crippen molar-refractivity contribution in [2.75, 3.05) is 6.54 Å². The normalized spacial score (nSPS) is 9.91. The first-order valence-corrected chi connectivity index (χ1v) is 3.66. The van der Waals surface area contributed by atoms with Gasteiger partial charge in [-0.2, -0.15) is 0 Å². The van der Waals surface area contributed by atoms with Crippen LogP contribution in [0.3, 0.4) is 0 Å². The Bertz CT molecular complexity index is 312. The molecule has 0 aliphatic heterocycles. The summed E-state index contributed by atoms with van der Waals surface area (Å²) in [6.07, 6.45) is 0.646. The predicted octanol–water partition coefficient (Wildman–Crippen LogP) is -0.0663. The third-order valence-electron chi connectivity index (χ3n) is 1.23. The molecule has 0 fully saturated rings. The molecule has 0 saturated carbocycles. The van der Waals surface area contributed by atoms with Crippen LogP contribution in [-0.4, -0.2) is 16.5 Å². The van der Waals surface area contributed by atoms with E-state index < -0.39 is 0 Å². The second-order valence-electron chi connectivity index (χ2n) is 2.15. The lowest BCUT2D eigenvalue weighted by molar-refractivity contribution is 0.894. The van der Waals surface area contributed by atoms with Gasteiger partial charge in [0, 0.05) is 11.8 Å². The maximum atomic E-state index is 10.8. The van der Waals surface area contributed by atoms with Crippen LogP contribution >= 0.6 is 12.2 Å². The van der Waals surface area contributed by atoms with E-state index in [0.717, 1.165) is 5.69 Å². The summed E-state index contributed by atoms with van der Waals surface area (Å²) >= 11 is 4.75. The fourth-order valence-corrected chi connectivity index (χ4v) is 1.04. The molecule has 4 N–H and O–H groups in total. The second-order valence-corrected chi connectivity index (χ2v) is 2.56. The molecule has 11 heavy (non-hydrogen) atoms. The Kier molecular flexibility index (Phi) is 2.56. The SMILES string of the molecule is NCCc1cc(=O)[nH]c(=S)[nH]1. The molecule has 0 aliphatic carbocycles. The maximum absolute atomic E-state index is 10.8. The zero-order valence-corrected chi connectivity index (χ0v) is 6.70. The molecule has 0 aromatic carbocycles. The molecule has 0 aliphatic rings. The average Bonchev–Trinajstić information content (AvgIpc) is 1.85. The van der Waals surface area contributed by atoms with Crippen LogP contribution in [0.4, 0.5) is 0 Å². The molecule has 0 bridgehead atoms. The first-order valence-electron chi connectivity index (χ1n) is 3.25. The van der Waals surface area contributed by atoms with E-state index in [2.05, 4.69) is 9.97 Å². The van der Waals surface area contributed by atoms with E-state index in [1.165, 1.54) is 6.07 Å². The number of rotatable bonds is 2. The number of hydrogen-bond donors (Lipinski definition) is 3. The lowest BCUT2D eigenvalue weighted by Gasteiger charge is -1.95. The summed E-state index contributed by atoms with van der Waals surface area (Å²) in [7, 11) is 0. The maximum Gasteiger partial charge on any atom is 0.251 e. The predicted molar refractivity (Wildman–Crippen MR) is 45.0 cm³/mol. The van der Waals surface area contributed by atoms with Gasteiger partial charge in [-0.05, 0) is 25.2 Å². The Labute approximate surface area is 68.5 Å². The number of nitrogens with one attached hydrogen (secondary N) is 2. The van der Waals surface area contributed by atoms with Gasteiger partial charge < -0.3 is 10.7 Å². The molecule has 1 heterocycles. The van der Waals surface area contributed by atoms with E-state index in [-0.39, 0.29) is 5.56 Å². The largest absolute Gasteiger partial charge is 0.336 e. The van der Waals surface area contributed by atoms with Crippen molar-refractivity contribution in [2.45, 2.75) is 6.42 Å². The molecule has 0 atom stereocenters. The molecule has 0 amide bonds. The summed E-state index contributed by atoms with van der Waals surface area (Å²) < 4.78 is 0.348. The molecular formula is C6H9N3OS. The number of nitrogens with two attached hydrogens (primary N) is 1. The Balaban J connectivity index is 3.09. The van der Waals surface area contributed by atoms with Gasteiger partial charge in [0.1, 0.15) is 0 Å². The third kappa shape index (κ3) is 2.28. The minimum absolute atomic E-state index is 0.183. The highest BCUT2D eigenvalue weighted by atomic mass is 32.1. The Morgan fingerprint density at radius 1 is 1.55 bits per heavy atom. The van der Waals surface area contributed by atoms with Gasteiger partial charge in [0.2, 0.25) is 0 Å². The first-order chi connectivity index (χ1) is 5.22. The van der Waals surface area contributed by atoms with Crippen molar-refractivity contribution in [3.05, 3.63) is 26.9 Å². The zero-order chi connectivity index (χ0) is 8.27. The molecule has 0 saturated heterocycles. The minimum Gasteiger partial charge on any atom is -0.336 e. The standard InChI is InChI=1S/C6H9N3OS/c7-2-1-4-3-5(10)9-6(11)8-4/h3H,1-2,7H2,(H2,8,9,10,11). The molecule has 60 valence electrons. The van der Waals surface area contributed by atoms with Crippen molar-refractivity contribution < 1.29 is 0 Å². The van der Waals surface area contributed by atoms with Crippen LogP contribution in [-0.2, 0) is 6.42 Å². The fraction of sp³-hybridized carbons (Fsp3) is 0.333. The van der Waals surface area contributed by atoms with Gasteiger partial charge in [-0.1, -0.05) is 0 Å². The molecule has 1 aromatic heterocycles. The summed E-state index contributed by atoms with van der Waals surface area (Å²) in [6.45, 7) is 0.509. The molecule has 5 heteroatoms. The van der Waals surface area contributed by atoms with Gasteiger partial charge in [0.15, 0.2) is 4.77 Å². The van der Waals surface area contributed by atoms with E-state index in [0.29, 0.717) is 17.7 Å². The Hall–Kier alpha value is -0.940. The summed E-state index contributed by atoms with van der Waals surface area (Å²) in [5.74, 6) is 0. The van der Waals surface area contributed by atoms with Crippen molar-refractivity contribution in [1.82, 2.24) is 9.97 Å². The first kappa shape index (κ1) is 8.16. The van der Waals surface area contributed by atoms with Gasteiger partial charge in [-0.3, -0.25) is 9.78 Å². The van der Waals surface area contributed by atoms with Gasteiger partial charge in [-0.25, -0.2) is 0 Å². The number of aromatic nitrogens is 2. The van der Waals surface area contributed by atoms with E-state index in [4.69, 9.17) is 18.0 Å². The Morgan fingerprint density at radius 2 is 2.27 bits per heavy atom. The lowest BCUT2D eigenvalue weighted by atomic mass is 10.3. The molecule has 0 unspecified atom stereocenters. The van der Waals surface area contributed by atoms with Crippen molar-refractivity contribution in [2.24, 2.45) is 5.73 Å². The summed E-state index contributed by atoms with van der Waals surface area (Å²) in [4.78, 5) is 16.1. The topological polar surface area (TPSA) is 74.7 Å². The number of H-pyrrole nitrogens is 2. The number of hydrogen-bond acceptors (Lipinski definition) is 3. The molecule has 1 rings (SSSR count). The molecule has 0 radical (unpaired) electrons.